The molecule has 1 aliphatic rings. The lowest BCUT2D eigenvalue weighted by Crippen LogP contribution is -2.05. The van der Waals surface area contributed by atoms with Crippen molar-refractivity contribution in [3.63, 3.8) is 0 Å². The number of hydrogen-bond acceptors (Lipinski definition) is 4. The van der Waals surface area contributed by atoms with Crippen LogP contribution in [0.15, 0.2) is 0 Å². The lowest BCUT2D eigenvalue weighted by molar-refractivity contribution is 0.250. The maximum absolute atomic E-state index is 8.93. The van der Waals surface area contributed by atoms with Gasteiger partial charge in [-0.05, 0) is 24.5 Å². The number of aliphatic hydroxyl groups is 1. The Bertz CT molecular complexity index is 349. The van der Waals surface area contributed by atoms with Gasteiger partial charge in [-0.1, -0.05) is 6.92 Å². The first-order chi connectivity index (χ1) is 7.72. The smallest absolute Gasteiger partial charge is 0.142 e. The van der Waals surface area contributed by atoms with Crippen LogP contribution < -0.4 is 0 Å². The minimum atomic E-state index is 0.263. The molecule has 1 N–H and O–H groups in total. The van der Waals surface area contributed by atoms with Crippen molar-refractivity contribution in [1.82, 2.24) is 14.8 Å². The van der Waals surface area contributed by atoms with Crippen LogP contribution in [0.3, 0.4) is 0 Å². The molecule has 0 aliphatic heterocycles. The number of aliphatic hydroxyl groups excluding tert-OH is 1. The maximum Gasteiger partial charge on any atom is 0.142 e. The van der Waals surface area contributed by atoms with Gasteiger partial charge in [0.05, 0.1) is 5.75 Å². The Balaban J connectivity index is 1.84. The summed E-state index contributed by atoms with van der Waals surface area (Å²) in [5.74, 6) is 5.08. The topological polar surface area (TPSA) is 50.9 Å². The molecule has 0 bridgehead atoms. The van der Waals surface area contributed by atoms with E-state index in [-0.39, 0.29) is 6.61 Å². The summed E-state index contributed by atoms with van der Waals surface area (Å²) in [5, 5.41) is 17.4. The van der Waals surface area contributed by atoms with Gasteiger partial charge in [-0.15, -0.1) is 10.2 Å². The van der Waals surface area contributed by atoms with Gasteiger partial charge in [-0.2, -0.15) is 11.8 Å². The third-order valence-electron chi connectivity index (χ3n) is 2.89. The predicted octanol–water partition coefficient (Wildman–Crippen LogP) is 1.55. The second kappa shape index (κ2) is 5.19. The molecule has 1 unspecified atom stereocenters. The fourth-order valence-corrected chi connectivity index (χ4v) is 2.66. The van der Waals surface area contributed by atoms with E-state index in [1.54, 1.807) is 0 Å². The molecule has 1 aliphatic carbocycles. The minimum Gasteiger partial charge on any atom is -0.396 e. The quantitative estimate of drug-likeness (QED) is 0.821. The van der Waals surface area contributed by atoms with Gasteiger partial charge in [0, 0.05) is 19.6 Å². The van der Waals surface area contributed by atoms with Crippen LogP contribution in [0, 0.1) is 5.92 Å². The molecule has 1 aromatic rings. The second-order valence-corrected chi connectivity index (χ2v) is 5.64. The van der Waals surface area contributed by atoms with Gasteiger partial charge in [0.1, 0.15) is 11.6 Å². The standard InChI is InChI=1S/C11H19N3OS/c1-8(5-15)6-16-7-10-12-13-11(14(10)2)9-3-4-9/h8-9,15H,3-7H2,1-2H3. The average molecular weight is 241 g/mol. The molecule has 0 radical (unpaired) electrons. The number of rotatable bonds is 6. The predicted molar refractivity (Wildman–Crippen MR) is 65.4 cm³/mol. The van der Waals surface area contributed by atoms with Gasteiger partial charge < -0.3 is 9.67 Å². The summed E-state index contributed by atoms with van der Waals surface area (Å²) in [4.78, 5) is 0. The monoisotopic (exact) mass is 241 g/mol. The van der Waals surface area contributed by atoms with Crippen LogP contribution >= 0.6 is 11.8 Å². The van der Waals surface area contributed by atoms with Crippen LogP contribution in [0.5, 0.6) is 0 Å². The lowest BCUT2D eigenvalue weighted by atomic mass is 10.2. The molecule has 0 aromatic carbocycles. The molecule has 90 valence electrons. The van der Waals surface area contributed by atoms with Gasteiger partial charge in [0.2, 0.25) is 0 Å². The average Bonchev–Trinajstić information content (AvgIpc) is 3.05. The summed E-state index contributed by atoms with van der Waals surface area (Å²) in [6.45, 7) is 2.32. The van der Waals surface area contributed by atoms with E-state index in [9.17, 15) is 0 Å². The Hall–Kier alpha value is -0.550. The Labute approximate surface area is 100 Å². The molecule has 4 nitrogen and oxygen atoms in total. The summed E-state index contributed by atoms with van der Waals surface area (Å²) in [6.07, 6.45) is 2.53. The third kappa shape index (κ3) is 2.77. The molecule has 0 amide bonds. The number of aromatic nitrogens is 3. The molecule has 0 spiro atoms. The fraction of sp³-hybridized carbons (Fsp3) is 0.818. The number of hydrogen-bond donors (Lipinski definition) is 1. The maximum atomic E-state index is 8.93. The zero-order chi connectivity index (χ0) is 11.5. The van der Waals surface area contributed by atoms with Crippen molar-refractivity contribution in [2.24, 2.45) is 13.0 Å². The largest absolute Gasteiger partial charge is 0.396 e. The van der Waals surface area contributed by atoms with Crippen molar-refractivity contribution < 1.29 is 5.11 Å². The highest BCUT2D eigenvalue weighted by atomic mass is 32.2. The van der Waals surface area contributed by atoms with Crippen LogP contribution in [-0.4, -0.2) is 32.2 Å². The summed E-state index contributed by atoms with van der Waals surface area (Å²) < 4.78 is 2.13. The molecule has 1 saturated carbocycles. The highest BCUT2D eigenvalue weighted by Gasteiger charge is 2.29. The van der Waals surface area contributed by atoms with Crippen LogP contribution in [-0.2, 0) is 12.8 Å². The fourth-order valence-electron chi connectivity index (χ4n) is 1.60. The molecule has 1 atom stereocenters. The van der Waals surface area contributed by atoms with Gasteiger partial charge in [-0.25, -0.2) is 0 Å². The Morgan fingerprint density at radius 2 is 2.25 bits per heavy atom. The van der Waals surface area contributed by atoms with Crippen LogP contribution in [0.25, 0.3) is 0 Å². The van der Waals surface area contributed by atoms with E-state index >= 15 is 0 Å². The summed E-state index contributed by atoms with van der Waals surface area (Å²) in [5.41, 5.74) is 0. The zero-order valence-corrected chi connectivity index (χ0v) is 10.7. The first kappa shape index (κ1) is 11.9. The van der Waals surface area contributed by atoms with Crippen molar-refractivity contribution >= 4 is 11.8 Å². The molecular weight excluding hydrogens is 222 g/mol. The Morgan fingerprint density at radius 3 is 2.88 bits per heavy atom. The molecule has 1 heterocycles. The van der Waals surface area contributed by atoms with Crippen molar-refractivity contribution in [3.05, 3.63) is 11.6 Å². The van der Waals surface area contributed by atoms with E-state index in [1.165, 1.54) is 12.8 Å². The van der Waals surface area contributed by atoms with Crippen molar-refractivity contribution in [2.45, 2.75) is 31.4 Å². The minimum absolute atomic E-state index is 0.263. The van der Waals surface area contributed by atoms with E-state index in [0.717, 1.165) is 23.2 Å². The highest BCUT2D eigenvalue weighted by molar-refractivity contribution is 7.98. The van der Waals surface area contributed by atoms with Crippen molar-refractivity contribution in [1.29, 1.82) is 0 Å². The summed E-state index contributed by atoms with van der Waals surface area (Å²) in [7, 11) is 2.05. The summed E-state index contributed by atoms with van der Waals surface area (Å²) >= 11 is 1.82. The van der Waals surface area contributed by atoms with Crippen molar-refractivity contribution in [3.8, 4) is 0 Å². The highest BCUT2D eigenvalue weighted by Crippen LogP contribution is 2.38. The van der Waals surface area contributed by atoms with E-state index in [1.807, 2.05) is 11.8 Å². The molecule has 2 rings (SSSR count). The Kier molecular flexibility index (Phi) is 3.86. The zero-order valence-electron chi connectivity index (χ0n) is 9.89. The van der Waals surface area contributed by atoms with Crippen LogP contribution in [0.4, 0.5) is 0 Å². The molecule has 1 aromatic heterocycles. The lowest BCUT2D eigenvalue weighted by Gasteiger charge is -2.07. The van der Waals surface area contributed by atoms with Gasteiger partial charge in [-0.3, -0.25) is 0 Å². The summed E-state index contributed by atoms with van der Waals surface area (Å²) in [6, 6.07) is 0. The van der Waals surface area contributed by atoms with E-state index in [4.69, 9.17) is 5.11 Å². The van der Waals surface area contributed by atoms with Gasteiger partial charge in [0.15, 0.2) is 0 Å². The normalized spacial score (nSPS) is 17.7. The van der Waals surface area contributed by atoms with E-state index < -0.39 is 0 Å². The van der Waals surface area contributed by atoms with E-state index in [0.29, 0.717) is 11.8 Å². The number of thioether (sulfide) groups is 1. The second-order valence-electron chi connectivity index (χ2n) is 4.61. The number of nitrogens with zero attached hydrogens (tertiary/aromatic N) is 3. The molecular formula is C11H19N3OS. The first-order valence-electron chi connectivity index (χ1n) is 5.79. The Morgan fingerprint density at radius 1 is 1.50 bits per heavy atom. The molecule has 16 heavy (non-hydrogen) atoms. The first-order valence-corrected chi connectivity index (χ1v) is 6.94. The van der Waals surface area contributed by atoms with Crippen LogP contribution in [0.1, 0.15) is 37.3 Å². The van der Waals surface area contributed by atoms with E-state index in [2.05, 4.69) is 28.7 Å². The third-order valence-corrected chi connectivity index (χ3v) is 4.15. The molecule has 0 saturated heterocycles. The molecule has 5 heteroatoms. The van der Waals surface area contributed by atoms with Gasteiger partial charge >= 0.3 is 0 Å². The SMILES string of the molecule is CC(CO)CSCc1nnc(C2CC2)n1C. The van der Waals surface area contributed by atoms with Crippen molar-refractivity contribution in [2.75, 3.05) is 12.4 Å². The van der Waals surface area contributed by atoms with Gasteiger partial charge in [0.25, 0.3) is 0 Å². The molecule has 1 fully saturated rings. The van der Waals surface area contributed by atoms with Crippen LogP contribution in [0.2, 0.25) is 0 Å².